The van der Waals surface area contributed by atoms with E-state index in [0.717, 1.165) is 4.31 Å². The number of ether oxygens (including phenoxy) is 1. The summed E-state index contributed by atoms with van der Waals surface area (Å²) < 4.78 is 31.7. The molecule has 2 rings (SSSR count). The van der Waals surface area contributed by atoms with Gasteiger partial charge in [-0.05, 0) is 36.4 Å². The van der Waals surface area contributed by atoms with Crippen LogP contribution in [0.4, 0.5) is 5.69 Å². The van der Waals surface area contributed by atoms with Gasteiger partial charge >= 0.3 is 0 Å². The first kappa shape index (κ1) is 20.7. The fraction of sp³-hybridized carbons (Fsp3) is 0.222. The van der Waals surface area contributed by atoms with E-state index in [4.69, 9.17) is 21.6 Å². The van der Waals surface area contributed by atoms with E-state index < -0.39 is 15.9 Å². The minimum Gasteiger partial charge on any atom is -0.495 e. The first-order valence-electron chi connectivity index (χ1n) is 7.95. The molecule has 0 aliphatic rings. The smallest absolute Gasteiger partial charge is 0.243 e. The molecule has 0 heterocycles. The van der Waals surface area contributed by atoms with E-state index >= 15 is 0 Å². The minimum atomic E-state index is -3.92. The SMILES string of the molecule is CCN(CC(=O)Nc1cccc(C#N)c1)S(=O)(=O)c1ccc(OC)c(Cl)c1. The van der Waals surface area contributed by atoms with Crippen molar-refractivity contribution in [2.24, 2.45) is 0 Å². The molecule has 0 aliphatic carbocycles. The van der Waals surface area contributed by atoms with Gasteiger partial charge in [0.25, 0.3) is 0 Å². The molecule has 0 spiro atoms. The molecule has 27 heavy (non-hydrogen) atoms. The lowest BCUT2D eigenvalue weighted by atomic mass is 10.2. The average Bonchev–Trinajstić information content (AvgIpc) is 2.65. The number of hydrogen-bond acceptors (Lipinski definition) is 5. The average molecular weight is 408 g/mol. The van der Waals surface area contributed by atoms with Crippen LogP contribution in [0.1, 0.15) is 12.5 Å². The van der Waals surface area contributed by atoms with E-state index in [-0.39, 0.29) is 23.0 Å². The van der Waals surface area contributed by atoms with Crippen LogP contribution in [0.25, 0.3) is 0 Å². The van der Waals surface area contributed by atoms with Gasteiger partial charge in [0.2, 0.25) is 15.9 Å². The number of halogens is 1. The molecule has 0 aliphatic heterocycles. The van der Waals surface area contributed by atoms with Crippen molar-refractivity contribution in [2.45, 2.75) is 11.8 Å². The number of amides is 1. The Labute approximate surface area is 163 Å². The van der Waals surface area contributed by atoms with Crippen LogP contribution in [-0.2, 0) is 14.8 Å². The standard InChI is InChI=1S/C18H18ClN3O4S/c1-3-22(12-18(23)21-14-6-4-5-13(9-14)11-20)27(24,25)15-7-8-17(26-2)16(19)10-15/h4-10H,3,12H2,1-2H3,(H,21,23). The highest BCUT2D eigenvalue weighted by Gasteiger charge is 2.26. The molecular formula is C18H18ClN3O4S. The molecule has 142 valence electrons. The van der Waals surface area contributed by atoms with E-state index in [2.05, 4.69) is 5.32 Å². The molecule has 0 atom stereocenters. The number of likely N-dealkylation sites (N-methyl/N-ethyl adjacent to an activating group) is 1. The summed E-state index contributed by atoms with van der Waals surface area (Å²) in [4.78, 5) is 12.2. The topological polar surface area (TPSA) is 99.5 Å². The number of nitrogens with zero attached hydrogens (tertiary/aromatic N) is 2. The van der Waals surface area contributed by atoms with Crippen LogP contribution in [0.2, 0.25) is 5.02 Å². The van der Waals surface area contributed by atoms with Crippen molar-refractivity contribution in [3.05, 3.63) is 53.1 Å². The minimum absolute atomic E-state index is 0.0329. The van der Waals surface area contributed by atoms with Crippen LogP contribution >= 0.6 is 11.6 Å². The number of hydrogen-bond donors (Lipinski definition) is 1. The molecule has 0 saturated carbocycles. The molecule has 0 radical (unpaired) electrons. The number of rotatable bonds is 7. The lowest BCUT2D eigenvalue weighted by Crippen LogP contribution is -2.37. The fourth-order valence-electron chi connectivity index (χ4n) is 2.35. The zero-order valence-electron chi connectivity index (χ0n) is 14.8. The van der Waals surface area contributed by atoms with Gasteiger partial charge in [-0.1, -0.05) is 24.6 Å². The predicted molar refractivity (Wildman–Crippen MR) is 102 cm³/mol. The van der Waals surface area contributed by atoms with Crippen LogP contribution in [0.15, 0.2) is 47.4 Å². The van der Waals surface area contributed by atoms with Gasteiger partial charge in [0.05, 0.1) is 35.2 Å². The fourth-order valence-corrected chi connectivity index (χ4v) is 4.11. The van der Waals surface area contributed by atoms with Crippen molar-refractivity contribution in [3.8, 4) is 11.8 Å². The number of carbonyl (C=O) groups is 1. The van der Waals surface area contributed by atoms with Gasteiger partial charge in [-0.15, -0.1) is 0 Å². The molecule has 2 aromatic rings. The quantitative estimate of drug-likeness (QED) is 0.760. The maximum Gasteiger partial charge on any atom is 0.243 e. The third-order valence-electron chi connectivity index (χ3n) is 3.71. The molecule has 7 nitrogen and oxygen atoms in total. The Bertz CT molecular complexity index is 986. The number of sulfonamides is 1. The number of benzene rings is 2. The van der Waals surface area contributed by atoms with Crippen molar-refractivity contribution in [2.75, 3.05) is 25.5 Å². The maximum atomic E-state index is 12.8. The summed E-state index contributed by atoms with van der Waals surface area (Å²) in [6, 6.07) is 12.4. The molecule has 0 aromatic heterocycles. The Morgan fingerprint density at radius 1 is 1.30 bits per heavy atom. The second kappa shape index (κ2) is 8.86. The van der Waals surface area contributed by atoms with Gasteiger partial charge in [-0.2, -0.15) is 9.57 Å². The van der Waals surface area contributed by atoms with E-state index in [1.807, 2.05) is 6.07 Å². The Morgan fingerprint density at radius 2 is 2.04 bits per heavy atom. The van der Waals surface area contributed by atoms with Crippen molar-refractivity contribution in [1.29, 1.82) is 5.26 Å². The molecule has 2 aromatic carbocycles. The van der Waals surface area contributed by atoms with Crippen molar-refractivity contribution in [1.82, 2.24) is 4.31 Å². The number of nitrogens with one attached hydrogen (secondary N) is 1. The van der Waals surface area contributed by atoms with Crippen molar-refractivity contribution in [3.63, 3.8) is 0 Å². The Morgan fingerprint density at radius 3 is 2.63 bits per heavy atom. The number of nitriles is 1. The summed E-state index contributed by atoms with van der Waals surface area (Å²) in [6.07, 6.45) is 0. The van der Waals surface area contributed by atoms with E-state index in [1.165, 1.54) is 31.4 Å². The van der Waals surface area contributed by atoms with E-state index in [9.17, 15) is 13.2 Å². The highest BCUT2D eigenvalue weighted by atomic mass is 35.5. The molecule has 0 bridgehead atoms. The van der Waals surface area contributed by atoms with Crippen LogP contribution in [0, 0.1) is 11.3 Å². The monoisotopic (exact) mass is 407 g/mol. The largest absolute Gasteiger partial charge is 0.495 e. The summed E-state index contributed by atoms with van der Waals surface area (Å²) in [5.74, 6) is -0.163. The zero-order chi connectivity index (χ0) is 20.0. The van der Waals surface area contributed by atoms with Crippen LogP contribution in [-0.4, -0.2) is 38.8 Å². The van der Waals surface area contributed by atoms with Gasteiger partial charge in [-0.25, -0.2) is 8.42 Å². The van der Waals surface area contributed by atoms with Gasteiger partial charge in [0, 0.05) is 12.2 Å². The van der Waals surface area contributed by atoms with Crippen LogP contribution in [0.5, 0.6) is 5.75 Å². The van der Waals surface area contributed by atoms with Gasteiger partial charge in [0.15, 0.2) is 0 Å². The van der Waals surface area contributed by atoms with E-state index in [1.54, 1.807) is 25.1 Å². The number of anilines is 1. The maximum absolute atomic E-state index is 12.8. The molecular weight excluding hydrogens is 390 g/mol. The number of methoxy groups -OCH3 is 1. The van der Waals surface area contributed by atoms with Crippen molar-refractivity contribution >= 4 is 33.2 Å². The van der Waals surface area contributed by atoms with Gasteiger partial charge < -0.3 is 10.1 Å². The van der Waals surface area contributed by atoms with Crippen LogP contribution in [0.3, 0.4) is 0 Å². The second-order valence-electron chi connectivity index (χ2n) is 5.47. The summed E-state index contributed by atoms with van der Waals surface area (Å²) >= 11 is 6.01. The van der Waals surface area contributed by atoms with Crippen molar-refractivity contribution < 1.29 is 17.9 Å². The van der Waals surface area contributed by atoms with Crippen LogP contribution < -0.4 is 10.1 Å². The lowest BCUT2D eigenvalue weighted by molar-refractivity contribution is -0.116. The third kappa shape index (κ3) is 4.98. The molecule has 0 fully saturated rings. The number of carbonyl (C=O) groups excluding carboxylic acids is 1. The molecule has 1 amide bonds. The first-order chi connectivity index (χ1) is 12.8. The highest BCUT2D eigenvalue weighted by Crippen LogP contribution is 2.28. The normalized spacial score (nSPS) is 11.1. The summed E-state index contributed by atoms with van der Waals surface area (Å²) in [5, 5.41) is 11.7. The summed E-state index contributed by atoms with van der Waals surface area (Å²) in [6.45, 7) is 1.35. The second-order valence-corrected chi connectivity index (χ2v) is 7.81. The summed E-state index contributed by atoms with van der Waals surface area (Å²) in [5.41, 5.74) is 0.806. The van der Waals surface area contributed by atoms with Gasteiger partial charge in [-0.3, -0.25) is 4.79 Å². The predicted octanol–water partition coefficient (Wildman–Crippen LogP) is 2.87. The molecule has 1 N–H and O–H groups in total. The van der Waals surface area contributed by atoms with E-state index in [0.29, 0.717) is 17.0 Å². The highest BCUT2D eigenvalue weighted by molar-refractivity contribution is 7.89. The van der Waals surface area contributed by atoms with Gasteiger partial charge in [0.1, 0.15) is 5.75 Å². The molecule has 0 unspecified atom stereocenters. The summed E-state index contributed by atoms with van der Waals surface area (Å²) in [7, 11) is -2.49. The molecule has 0 saturated heterocycles. The Balaban J connectivity index is 2.18. The zero-order valence-corrected chi connectivity index (χ0v) is 16.3. The third-order valence-corrected chi connectivity index (χ3v) is 5.92. The Kier molecular flexibility index (Phi) is 6.80. The first-order valence-corrected chi connectivity index (χ1v) is 9.77. The lowest BCUT2D eigenvalue weighted by Gasteiger charge is -2.20. The molecule has 9 heteroatoms. The Hall–Kier alpha value is -2.60.